The Hall–Kier alpha value is -0.860. The normalized spacial score (nSPS) is 21.1. The first-order valence-corrected chi connectivity index (χ1v) is 7.09. The van der Waals surface area contributed by atoms with Crippen LogP contribution in [0.1, 0.15) is 62.6 Å². The molecule has 2 rings (SSSR count). The van der Waals surface area contributed by atoms with Gasteiger partial charge in [0.05, 0.1) is 6.61 Å². The van der Waals surface area contributed by atoms with E-state index in [1.54, 1.807) is 0 Å². The Kier molecular flexibility index (Phi) is 4.08. The summed E-state index contributed by atoms with van der Waals surface area (Å²) in [5.41, 5.74) is 8.82. The van der Waals surface area contributed by atoms with Gasteiger partial charge in [-0.05, 0) is 36.3 Å². The van der Waals surface area contributed by atoms with E-state index in [1.807, 2.05) is 0 Å². The molecule has 0 aliphatic heterocycles. The lowest BCUT2D eigenvalue weighted by Crippen LogP contribution is -2.43. The third kappa shape index (κ3) is 2.32. The van der Waals surface area contributed by atoms with Crippen molar-refractivity contribution in [2.24, 2.45) is 11.1 Å². The second-order valence-electron chi connectivity index (χ2n) is 5.83. The summed E-state index contributed by atoms with van der Waals surface area (Å²) in [5, 5.41) is 9.57. The standard InChI is InChI=1S/C16H25NO/c1-3-12(2)13-5-7-14(8-6-13)15(17)16(11-18)9-4-10-16/h5-8,12,15,18H,3-4,9-11,17H2,1-2H3. The first-order valence-electron chi connectivity index (χ1n) is 7.09. The number of nitrogens with two attached hydrogens (primary N) is 1. The summed E-state index contributed by atoms with van der Waals surface area (Å²) in [7, 11) is 0. The van der Waals surface area contributed by atoms with Gasteiger partial charge in [0.1, 0.15) is 0 Å². The molecule has 0 heterocycles. The molecule has 1 fully saturated rings. The Labute approximate surface area is 110 Å². The highest BCUT2D eigenvalue weighted by Gasteiger charge is 2.42. The fraction of sp³-hybridized carbons (Fsp3) is 0.625. The van der Waals surface area contributed by atoms with E-state index in [9.17, 15) is 5.11 Å². The summed E-state index contributed by atoms with van der Waals surface area (Å²) in [5.74, 6) is 0.603. The minimum Gasteiger partial charge on any atom is -0.396 e. The largest absolute Gasteiger partial charge is 0.396 e. The quantitative estimate of drug-likeness (QED) is 0.838. The van der Waals surface area contributed by atoms with E-state index in [4.69, 9.17) is 5.73 Å². The maximum atomic E-state index is 9.57. The molecule has 2 unspecified atom stereocenters. The molecule has 0 amide bonds. The smallest absolute Gasteiger partial charge is 0.0505 e. The van der Waals surface area contributed by atoms with Crippen LogP contribution in [0.3, 0.4) is 0 Å². The zero-order valence-corrected chi connectivity index (χ0v) is 11.5. The molecule has 100 valence electrons. The Balaban J connectivity index is 2.14. The van der Waals surface area contributed by atoms with E-state index in [1.165, 1.54) is 12.0 Å². The van der Waals surface area contributed by atoms with Crippen molar-refractivity contribution in [3.05, 3.63) is 35.4 Å². The molecular weight excluding hydrogens is 222 g/mol. The predicted molar refractivity (Wildman–Crippen MR) is 75.4 cm³/mol. The molecule has 18 heavy (non-hydrogen) atoms. The molecule has 1 aliphatic carbocycles. The highest BCUT2D eigenvalue weighted by Crippen LogP contribution is 2.48. The molecule has 1 aliphatic rings. The summed E-state index contributed by atoms with van der Waals surface area (Å²) in [4.78, 5) is 0. The molecule has 1 saturated carbocycles. The molecule has 0 saturated heterocycles. The molecule has 0 bridgehead atoms. The minimum atomic E-state index is -0.0576. The van der Waals surface area contributed by atoms with Crippen LogP contribution >= 0.6 is 0 Å². The predicted octanol–water partition coefficient (Wildman–Crippen LogP) is 3.36. The van der Waals surface area contributed by atoms with Crippen molar-refractivity contribution in [3.63, 3.8) is 0 Å². The molecule has 0 radical (unpaired) electrons. The lowest BCUT2D eigenvalue weighted by Gasteiger charge is -2.45. The average molecular weight is 247 g/mol. The lowest BCUT2D eigenvalue weighted by atomic mass is 9.63. The monoisotopic (exact) mass is 247 g/mol. The fourth-order valence-electron chi connectivity index (χ4n) is 2.82. The van der Waals surface area contributed by atoms with Crippen LogP contribution in [-0.4, -0.2) is 11.7 Å². The number of hydrogen-bond acceptors (Lipinski definition) is 2. The maximum Gasteiger partial charge on any atom is 0.0505 e. The van der Waals surface area contributed by atoms with Crippen LogP contribution in [-0.2, 0) is 0 Å². The summed E-state index contributed by atoms with van der Waals surface area (Å²) in [6, 6.07) is 8.63. The summed E-state index contributed by atoms with van der Waals surface area (Å²) in [6.45, 7) is 4.66. The third-order valence-corrected chi connectivity index (χ3v) is 4.80. The Morgan fingerprint density at radius 3 is 2.17 bits per heavy atom. The maximum absolute atomic E-state index is 9.57. The second-order valence-corrected chi connectivity index (χ2v) is 5.83. The van der Waals surface area contributed by atoms with Crippen LogP contribution in [0, 0.1) is 5.41 Å². The zero-order chi connectivity index (χ0) is 13.2. The Morgan fingerprint density at radius 1 is 1.22 bits per heavy atom. The minimum absolute atomic E-state index is 0.0257. The van der Waals surface area contributed by atoms with E-state index in [-0.39, 0.29) is 18.1 Å². The number of aliphatic hydroxyl groups excluding tert-OH is 1. The van der Waals surface area contributed by atoms with Crippen molar-refractivity contribution in [2.75, 3.05) is 6.61 Å². The highest BCUT2D eigenvalue weighted by atomic mass is 16.3. The van der Waals surface area contributed by atoms with Gasteiger partial charge in [0.25, 0.3) is 0 Å². The van der Waals surface area contributed by atoms with Gasteiger partial charge in [-0.1, -0.05) is 44.5 Å². The van der Waals surface area contributed by atoms with Crippen LogP contribution in [0.2, 0.25) is 0 Å². The van der Waals surface area contributed by atoms with Crippen molar-refractivity contribution >= 4 is 0 Å². The van der Waals surface area contributed by atoms with Crippen molar-refractivity contribution < 1.29 is 5.11 Å². The topological polar surface area (TPSA) is 46.2 Å². The molecule has 0 aromatic heterocycles. The van der Waals surface area contributed by atoms with Crippen molar-refractivity contribution in [3.8, 4) is 0 Å². The third-order valence-electron chi connectivity index (χ3n) is 4.80. The van der Waals surface area contributed by atoms with Gasteiger partial charge >= 0.3 is 0 Å². The van der Waals surface area contributed by atoms with Crippen LogP contribution in [0.25, 0.3) is 0 Å². The molecule has 2 atom stereocenters. The van der Waals surface area contributed by atoms with Gasteiger partial charge in [-0.25, -0.2) is 0 Å². The molecule has 2 nitrogen and oxygen atoms in total. The van der Waals surface area contributed by atoms with Crippen LogP contribution < -0.4 is 5.73 Å². The summed E-state index contributed by atoms with van der Waals surface area (Å²) in [6.07, 6.45) is 4.46. The molecular formula is C16H25NO. The number of rotatable bonds is 5. The van der Waals surface area contributed by atoms with Gasteiger partial charge in [-0.3, -0.25) is 0 Å². The molecule has 3 N–H and O–H groups in total. The van der Waals surface area contributed by atoms with E-state index in [0.29, 0.717) is 5.92 Å². The lowest BCUT2D eigenvalue weighted by molar-refractivity contribution is 0.0184. The van der Waals surface area contributed by atoms with Gasteiger partial charge in [0.2, 0.25) is 0 Å². The van der Waals surface area contributed by atoms with E-state index in [2.05, 4.69) is 38.1 Å². The van der Waals surface area contributed by atoms with Gasteiger partial charge < -0.3 is 10.8 Å². The van der Waals surface area contributed by atoms with E-state index >= 15 is 0 Å². The molecule has 2 heteroatoms. The number of hydrogen-bond donors (Lipinski definition) is 2. The average Bonchev–Trinajstić information content (AvgIpc) is 2.37. The van der Waals surface area contributed by atoms with E-state index in [0.717, 1.165) is 24.8 Å². The highest BCUT2D eigenvalue weighted by molar-refractivity contribution is 5.28. The second kappa shape index (κ2) is 5.41. The first-order chi connectivity index (χ1) is 8.63. The van der Waals surface area contributed by atoms with E-state index < -0.39 is 0 Å². The SMILES string of the molecule is CCC(C)c1ccc(C(N)C2(CO)CCC2)cc1. The van der Waals surface area contributed by atoms with Crippen LogP contribution in [0.4, 0.5) is 0 Å². The Bertz CT molecular complexity index is 375. The van der Waals surface area contributed by atoms with Gasteiger partial charge in [-0.15, -0.1) is 0 Å². The molecule has 0 spiro atoms. The zero-order valence-electron chi connectivity index (χ0n) is 11.5. The molecule has 1 aromatic carbocycles. The van der Waals surface area contributed by atoms with Crippen LogP contribution in [0.15, 0.2) is 24.3 Å². The molecule has 1 aromatic rings. The Morgan fingerprint density at radius 2 is 1.78 bits per heavy atom. The summed E-state index contributed by atoms with van der Waals surface area (Å²) < 4.78 is 0. The van der Waals surface area contributed by atoms with Crippen molar-refractivity contribution in [1.82, 2.24) is 0 Å². The number of benzene rings is 1. The van der Waals surface area contributed by atoms with Crippen molar-refractivity contribution in [2.45, 2.75) is 51.5 Å². The number of aliphatic hydroxyl groups is 1. The van der Waals surface area contributed by atoms with Gasteiger partial charge in [0.15, 0.2) is 0 Å². The van der Waals surface area contributed by atoms with Crippen LogP contribution in [0.5, 0.6) is 0 Å². The fourth-order valence-corrected chi connectivity index (χ4v) is 2.82. The van der Waals surface area contributed by atoms with Crippen molar-refractivity contribution in [1.29, 1.82) is 0 Å². The van der Waals surface area contributed by atoms with Gasteiger partial charge in [0, 0.05) is 11.5 Å². The first kappa shape index (κ1) is 13.6. The summed E-state index contributed by atoms with van der Waals surface area (Å²) >= 11 is 0. The van der Waals surface area contributed by atoms with Gasteiger partial charge in [-0.2, -0.15) is 0 Å².